The van der Waals surface area contributed by atoms with Crippen LogP contribution in [-0.4, -0.2) is 121 Å². The number of benzene rings is 2. The Hall–Kier alpha value is -4.90. The topological polar surface area (TPSA) is 151 Å². The quantitative estimate of drug-likeness (QED) is 0.0630. The summed E-state index contributed by atoms with van der Waals surface area (Å²) >= 11 is 1.42. The lowest BCUT2D eigenvalue weighted by Crippen LogP contribution is -2.45. The summed E-state index contributed by atoms with van der Waals surface area (Å²) in [6, 6.07) is 14.9. The van der Waals surface area contributed by atoms with Crippen LogP contribution in [0.15, 0.2) is 72.9 Å². The van der Waals surface area contributed by atoms with Crippen LogP contribution in [0.2, 0.25) is 0 Å². The van der Waals surface area contributed by atoms with Crippen molar-refractivity contribution >= 4 is 41.3 Å². The fourth-order valence-electron chi connectivity index (χ4n) is 7.93. The van der Waals surface area contributed by atoms with Crippen LogP contribution >= 0.6 is 11.8 Å². The standard InChI is InChI=1S/C48H64F2N6O7S/c1-48(2,3)47(41-28-37(39-29-38(49)13-14-40(39)50)33-54(41)31-35-10-6-4-7-11-35)56(32-36-17-19-51-30-36)46(61)34-64-27-18-43(58)53-21-24-63-26-25-62-23-20-52-42(57)12-8-5-9-22-55-44(59)15-16-45(55)60/h4,6-7,10-11,13-16,28-29,33,36,47,51H,5,8-9,12,17-27,30-32,34H2,1-3H3,(H,52,57)(H,53,58)/t36?,47-/m0/s1. The molecule has 1 fully saturated rings. The van der Waals surface area contributed by atoms with Gasteiger partial charge in [0.2, 0.25) is 17.7 Å². The van der Waals surface area contributed by atoms with E-state index in [1.807, 2.05) is 47.5 Å². The summed E-state index contributed by atoms with van der Waals surface area (Å²) in [4.78, 5) is 65.4. The second-order valence-corrected chi connectivity index (χ2v) is 18.4. The minimum Gasteiger partial charge on any atom is -0.377 e. The first-order valence-corrected chi connectivity index (χ1v) is 23.5. The number of halogens is 2. The number of hydrogen-bond donors (Lipinski definition) is 3. The van der Waals surface area contributed by atoms with Crippen LogP contribution in [0.3, 0.4) is 0 Å². The van der Waals surface area contributed by atoms with Crippen molar-refractivity contribution in [1.29, 1.82) is 0 Å². The number of hydrogen-bond acceptors (Lipinski definition) is 9. The molecule has 3 aromatic rings. The molecule has 16 heteroatoms. The maximum atomic E-state index is 15.2. The molecule has 0 radical (unpaired) electrons. The van der Waals surface area contributed by atoms with Crippen molar-refractivity contribution in [3.8, 4) is 11.1 Å². The zero-order valence-electron chi connectivity index (χ0n) is 37.4. The Bertz CT molecular complexity index is 2020. The second kappa shape index (κ2) is 25.6. The molecule has 3 N–H and O–H groups in total. The van der Waals surface area contributed by atoms with E-state index in [1.54, 1.807) is 0 Å². The summed E-state index contributed by atoms with van der Waals surface area (Å²) < 4.78 is 42.8. The zero-order valence-corrected chi connectivity index (χ0v) is 38.2. The van der Waals surface area contributed by atoms with E-state index in [9.17, 15) is 28.4 Å². The lowest BCUT2D eigenvalue weighted by Gasteiger charge is -2.42. The van der Waals surface area contributed by atoms with Gasteiger partial charge in [0.15, 0.2) is 0 Å². The van der Waals surface area contributed by atoms with Gasteiger partial charge in [-0.15, -0.1) is 0 Å². The molecule has 5 rings (SSSR count). The van der Waals surface area contributed by atoms with Gasteiger partial charge in [0, 0.05) is 86.5 Å². The number of unbranched alkanes of at least 4 members (excludes halogenated alkanes) is 2. The fourth-order valence-corrected chi connectivity index (χ4v) is 8.74. The molecule has 0 spiro atoms. The molecule has 1 saturated heterocycles. The number of carbonyl (C=O) groups is 5. The minimum atomic E-state index is -0.529. The van der Waals surface area contributed by atoms with E-state index in [0.29, 0.717) is 89.7 Å². The van der Waals surface area contributed by atoms with Crippen LogP contribution in [0.4, 0.5) is 8.78 Å². The van der Waals surface area contributed by atoms with Crippen LogP contribution in [0.5, 0.6) is 0 Å². The highest BCUT2D eigenvalue weighted by Gasteiger charge is 2.38. The Labute approximate surface area is 380 Å². The van der Waals surface area contributed by atoms with Crippen molar-refractivity contribution in [2.45, 2.75) is 71.9 Å². The Morgan fingerprint density at radius 2 is 1.58 bits per heavy atom. The van der Waals surface area contributed by atoms with Crippen molar-refractivity contribution in [3.63, 3.8) is 0 Å². The summed E-state index contributed by atoms with van der Waals surface area (Å²) in [5.74, 6) is -1.00. The highest BCUT2D eigenvalue weighted by Crippen LogP contribution is 2.42. The van der Waals surface area contributed by atoms with Gasteiger partial charge in [-0.25, -0.2) is 8.78 Å². The largest absolute Gasteiger partial charge is 0.377 e. The summed E-state index contributed by atoms with van der Waals surface area (Å²) in [6.45, 7) is 11.4. The van der Waals surface area contributed by atoms with Gasteiger partial charge < -0.3 is 34.9 Å². The number of thioether (sulfide) groups is 1. The van der Waals surface area contributed by atoms with Gasteiger partial charge in [0.25, 0.3) is 11.8 Å². The van der Waals surface area contributed by atoms with E-state index in [1.165, 1.54) is 34.9 Å². The Kier molecular flexibility index (Phi) is 20.0. The van der Waals surface area contributed by atoms with Gasteiger partial charge in [-0.3, -0.25) is 28.9 Å². The first kappa shape index (κ1) is 50.1. The Morgan fingerprint density at radius 3 is 2.23 bits per heavy atom. The summed E-state index contributed by atoms with van der Waals surface area (Å²) in [6.07, 6.45) is 7.98. The summed E-state index contributed by atoms with van der Waals surface area (Å²) in [5.41, 5.74) is 2.14. The third-order valence-electron chi connectivity index (χ3n) is 11.1. The van der Waals surface area contributed by atoms with E-state index in [0.717, 1.165) is 49.3 Å². The van der Waals surface area contributed by atoms with Crippen molar-refractivity contribution in [2.24, 2.45) is 11.3 Å². The molecule has 1 unspecified atom stereocenters. The fraction of sp³-hybridized carbons (Fsp3) is 0.521. The third-order valence-corrected chi connectivity index (χ3v) is 12.1. The number of ether oxygens (including phenoxy) is 2. The molecule has 64 heavy (non-hydrogen) atoms. The number of amides is 5. The second-order valence-electron chi connectivity index (χ2n) is 17.3. The van der Waals surface area contributed by atoms with Crippen molar-refractivity contribution in [1.82, 2.24) is 30.3 Å². The van der Waals surface area contributed by atoms with Gasteiger partial charge in [0.1, 0.15) is 11.6 Å². The van der Waals surface area contributed by atoms with E-state index >= 15 is 4.39 Å². The normalized spacial score (nSPS) is 15.5. The number of aromatic nitrogens is 1. The van der Waals surface area contributed by atoms with E-state index in [4.69, 9.17) is 9.47 Å². The van der Waals surface area contributed by atoms with Crippen molar-refractivity contribution in [3.05, 3.63) is 95.8 Å². The zero-order chi connectivity index (χ0) is 45.9. The molecule has 0 bridgehead atoms. The first-order valence-electron chi connectivity index (χ1n) is 22.3. The minimum absolute atomic E-state index is 0.0426. The van der Waals surface area contributed by atoms with Gasteiger partial charge >= 0.3 is 0 Å². The molecule has 2 atom stereocenters. The molecule has 348 valence electrons. The number of carbonyl (C=O) groups excluding carboxylic acids is 5. The number of imide groups is 1. The van der Waals surface area contributed by atoms with Crippen LogP contribution < -0.4 is 16.0 Å². The van der Waals surface area contributed by atoms with E-state index in [-0.39, 0.29) is 53.2 Å². The average Bonchev–Trinajstić information content (AvgIpc) is 4.01. The molecular weight excluding hydrogens is 843 g/mol. The monoisotopic (exact) mass is 906 g/mol. The Balaban J connectivity index is 1.03. The molecule has 0 aliphatic carbocycles. The van der Waals surface area contributed by atoms with E-state index in [2.05, 4.69) is 41.3 Å². The predicted octanol–water partition coefficient (Wildman–Crippen LogP) is 5.88. The molecule has 1 aromatic heterocycles. The highest BCUT2D eigenvalue weighted by molar-refractivity contribution is 7.99. The van der Waals surface area contributed by atoms with Gasteiger partial charge in [-0.1, -0.05) is 57.5 Å². The highest BCUT2D eigenvalue weighted by atomic mass is 32.2. The predicted molar refractivity (Wildman–Crippen MR) is 244 cm³/mol. The maximum absolute atomic E-state index is 15.2. The molecule has 2 aliphatic heterocycles. The summed E-state index contributed by atoms with van der Waals surface area (Å²) in [5, 5.41) is 9.09. The van der Waals surface area contributed by atoms with Crippen LogP contribution in [0.1, 0.15) is 76.6 Å². The van der Waals surface area contributed by atoms with Gasteiger partial charge in [-0.05, 0) is 73.5 Å². The molecular formula is C48H64F2N6O7S. The van der Waals surface area contributed by atoms with Crippen molar-refractivity contribution < 1.29 is 42.2 Å². The van der Waals surface area contributed by atoms with Gasteiger partial charge in [-0.2, -0.15) is 11.8 Å². The van der Waals surface area contributed by atoms with Gasteiger partial charge in [0.05, 0.1) is 38.2 Å². The molecule has 2 aromatic carbocycles. The van der Waals surface area contributed by atoms with E-state index < -0.39 is 23.1 Å². The number of nitrogens with one attached hydrogen (secondary N) is 3. The lowest BCUT2D eigenvalue weighted by atomic mass is 9.82. The molecule has 13 nitrogen and oxygen atoms in total. The lowest BCUT2D eigenvalue weighted by molar-refractivity contribution is -0.137. The van der Waals surface area contributed by atoms with Crippen LogP contribution in [0, 0.1) is 23.0 Å². The first-order chi connectivity index (χ1) is 30.8. The molecule has 5 amide bonds. The molecule has 0 saturated carbocycles. The van der Waals surface area contributed by atoms with Crippen LogP contribution in [-0.2, 0) is 40.0 Å². The SMILES string of the molecule is CC(C)(C)[C@H](c1cc(-c2cc(F)ccc2F)cn1Cc1ccccc1)N(CC1CCNC1)C(=O)CSCCC(=O)NCCOCCOCCNC(=O)CCCCCN1C(=O)C=CC1=O. The van der Waals surface area contributed by atoms with Crippen LogP contribution in [0.25, 0.3) is 11.1 Å². The smallest absolute Gasteiger partial charge is 0.253 e. The maximum Gasteiger partial charge on any atom is 0.253 e. The average molecular weight is 907 g/mol. The third kappa shape index (κ3) is 16.0. The molecule has 2 aliphatic rings. The van der Waals surface area contributed by atoms with Crippen molar-refractivity contribution in [2.75, 3.05) is 77.2 Å². The molecule has 3 heterocycles. The number of nitrogens with zero attached hydrogens (tertiary/aromatic N) is 3. The number of rotatable bonds is 27. The Morgan fingerprint density at radius 1 is 0.891 bits per heavy atom. The summed E-state index contributed by atoms with van der Waals surface area (Å²) in [7, 11) is 0.